The van der Waals surface area contributed by atoms with Crippen molar-refractivity contribution in [2.45, 2.75) is 39.5 Å². The average Bonchev–Trinajstić information content (AvgIpc) is 2.90. The second-order valence-electron chi connectivity index (χ2n) is 8.08. The van der Waals surface area contributed by atoms with Gasteiger partial charge in [0, 0.05) is 21.4 Å². The van der Waals surface area contributed by atoms with Gasteiger partial charge in [-0.25, -0.2) is 4.79 Å². The zero-order valence-electron chi connectivity index (χ0n) is 17.6. The number of aryl methyl sites for hydroxylation is 3. The first-order valence-corrected chi connectivity index (χ1v) is 10.8. The van der Waals surface area contributed by atoms with Gasteiger partial charge in [0.15, 0.2) is 5.72 Å². The van der Waals surface area contributed by atoms with Crippen LogP contribution in [-0.4, -0.2) is 17.2 Å². The van der Waals surface area contributed by atoms with Crippen LogP contribution in [0.1, 0.15) is 29.2 Å². The lowest BCUT2D eigenvalue weighted by atomic mass is 9.92. The van der Waals surface area contributed by atoms with Gasteiger partial charge in [-0.15, -0.1) is 0 Å². The van der Waals surface area contributed by atoms with E-state index in [0.717, 1.165) is 26.9 Å². The summed E-state index contributed by atoms with van der Waals surface area (Å²) < 4.78 is 0.913. The molecular weight excluding hydrogens is 440 g/mol. The lowest BCUT2D eigenvalue weighted by molar-refractivity contribution is 0.0371. The van der Waals surface area contributed by atoms with Gasteiger partial charge in [0.1, 0.15) is 0 Å². The molecule has 1 fully saturated rings. The van der Waals surface area contributed by atoms with Gasteiger partial charge >= 0.3 is 6.03 Å². The maximum atomic E-state index is 13.7. The number of nitrogens with zero attached hydrogens (tertiary/aromatic N) is 2. The number of benzene rings is 3. The first kappa shape index (κ1) is 20.6. The Bertz CT molecular complexity index is 1070. The number of rotatable bonds is 3. The van der Waals surface area contributed by atoms with Crippen molar-refractivity contribution in [3.63, 3.8) is 0 Å². The van der Waals surface area contributed by atoms with Crippen molar-refractivity contribution in [2.75, 3.05) is 9.80 Å². The van der Waals surface area contributed by atoms with Gasteiger partial charge in [0.05, 0.1) is 6.04 Å². The highest BCUT2D eigenvalue weighted by Gasteiger charge is 2.56. The number of carbonyl (C=O) groups is 1. The Labute approximate surface area is 185 Å². The Morgan fingerprint density at radius 3 is 1.93 bits per heavy atom. The Morgan fingerprint density at radius 1 is 0.833 bits per heavy atom. The van der Waals surface area contributed by atoms with E-state index in [2.05, 4.69) is 22.0 Å². The average molecular weight is 465 g/mol. The zero-order valence-corrected chi connectivity index (χ0v) is 19.1. The molecule has 0 saturated carbocycles. The van der Waals surface area contributed by atoms with E-state index < -0.39 is 11.8 Å². The predicted octanol–water partition coefficient (Wildman–Crippen LogP) is 6.05. The SMILES string of the molecule is Cc1ccc(N2C(=O)N(c3ccc(Br)cc3)C(O)(c3cc(C)cc(C)c3)[C@@H]2C)cc1. The van der Waals surface area contributed by atoms with Crippen LogP contribution in [0.5, 0.6) is 0 Å². The van der Waals surface area contributed by atoms with E-state index in [4.69, 9.17) is 0 Å². The zero-order chi connectivity index (χ0) is 21.6. The first-order valence-electron chi connectivity index (χ1n) is 9.98. The first-order chi connectivity index (χ1) is 14.2. The van der Waals surface area contributed by atoms with Crippen molar-refractivity contribution in [2.24, 2.45) is 0 Å². The maximum Gasteiger partial charge on any atom is 0.332 e. The van der Waals surface area contributed by atoms with E-state index in [1.165, 1.54) is 4.90 Å². The molecule has 1 unspecified atom stereocenters. The summed E-state index contributed by atoms with van der Waals surface area (Å²) in [6.45, 7) is 7.92. The summed E-state index contributed by atoms with van der Waals surface area (Å²) >= 11 is 3.45. The van der Waals surface area contributed by atoms with E-state index in [1.54, 1.807) is 4.90 Å². The van der Waals surface area contributed by atoms with Crippen LogP contribution < -0.4 is 9.80 Å². The number of urea groups is 1. The quantitative estimate of drug-likeness (QED) is 0.512. The van der Waals surface area contributed by atoms with E-state index in [9.17, 15) is 9.90 Å². The highest BCUT2D eigenvalue weighted by molar-refractivity contribution is 9.10. The van der Waals surface area contributed by atoms with Crippen LogP contribution in [0.2, 0.25) is 0 Å². The van der Waals surface area contributed by atoms with Gasteiger partial charge in [-0.3, -0.25) is 9.80 Å². The van der Waals surface area contributed by atoms with Gasteiger partial charge in [0.25, 0.3) is 0 Å². The smallest absolute Gasteiger partial charge is 0.332 e. The minimum Gasteiger partial charge on any atom is -0.365 e. The van der Waals surface area contributed by atoms with E-state index in [-0.39, 0.29) is 6.03 Å². The molecule has 4 rings (SSSR count). The van der Waals surface area contributed by atoms with Gasteiger partial charge in [-0.05, 0) is 64.1 Å². The van der Waals surface area contributed by atoms with Crippen LogP contribution in [0.25, 0.3) is 0 Å². The summed E-state index contributed by atoms with van der Waals surface area (Å²) in [5.74, 6) is 0. The fourth-order valence-corrected chi connectivity index (χ4v) is 4.54. The summed E-state index contributed by atoms with van der Waals surface area (Å²) in [5.41, 5.74) is 3.80. The highest BCUT2D eigenvalue weighted by atomic mass is 79.9. The van der Waals surface area contributed by atoms with Crippen molar-refractivity contribution >= 4 is 33.3 Å². The number of aliphatic hydroxyl groups is 1. The summed E-state index contributed by atoms with van der Waals surface area (Å²) in [4.78, 5) is 16.9. The van der Waals surface area contributed by atoms with Crippen LogP contribution in [0.15, 0.2) is 71.2 Å². The molecule has 154 valence electrons. The van der Waals surface area contributed by atoms with Crippen molar-refractivity contribution in [1.29, 1.82) is 0 Å². The summed E-state index contributed by atoms with van der Waals surface area (Å²) in [6.07, 6.45) is 0. The summed E-state index contributed by atoms with van der Waals surface area (Å²) in [5, 5.41) is 12.2. The summed E-state index contributed by atoms with van der Waals surface area (Å²) in [7, 11) is 0. The van der Waals surface area contributed by atoms with E-state index in [1.807, 2.05) is 88.4 Å². The van der Waals surface area contributed by atoms with Crippen molar-refractivity contribution in [3.8, 4) is 0 Å². The minimum atomic E-state index is -1.52. The standard InChI is InChI=1S/C25H25BrN2O2/c1-16-5-9-22(10-6-16)27-19(4)25(30,20-14-17(2)13-18(3)15-20)28(24(27)29)23-11-7-21(26)8-12-23/h5-15,19,30H,1-4H3/t19-,25?/m0/s1. The van der Waals surface area contributed by atoms with Crippen LogP contribution >= 0.6 is 15.9 Å². The fraction of sp³-hybridized carbons (Fsp3) is 0.240. The van der Waals surface area contributed by atoms with Crippen LogP contribution in [0, 0.1) is 20.8 Å². The molecule has 0 spiro atoms. The molecule has 4 nitrogen and oxygen atoms in total. The Hall–Kier alpha value is -2.63. The third kappa shape index (κ3) is 3.32. The lowest BCUT2D eigenvalue weighted by Gasteiger charge is -2.36. The molecule has 1 heterocycles. The number of hydrogen-bond acceptors (Lipinski definition) is 2. The van der Waals surface area contributed by atoms with Crippen molar-refractivity contribution < 1.29 is 9.90 Å². The largest absolute Gasteiger partial charge is 0.365 e. The highest BCUT2D eigenvalue weighted by Crippen LogP contribution is 2.45. The Balaban J connectivity index is 1.92. The van der Waals surface area contributed by atoms with Gasteiger partial charge < -0.3 is 5.11 Å². The number of amides is 2. The Morgan fingerprint density at radius 2 is 1.37 bits per heavy atom. The number of anilines is 2. The molecule has 1 aliphatic heterocycles. The summed E-state index contributed by atoms with van der Waals surface area (Å²) in [6, 6.07) is 20.5. The number of hydrogen-bond donors (Lipinski definition) is 1. The monoisotopic (exact) mass is 464 g/mol. The molecule has 0 bridgehead atoms. The molecule has 0 aromatic heterocycles. The topological polar surface area (TPSA) is 43.8 Å². The van der Waals surface area contributed by atoms with Gasteiger partial charge in [-0.1, -0.05) is 63.0 Å². The molecule has 1 aliphatic rings. The normalized spacial score (nSPS) is 21.4. The minimum absolute atomic E-state index is 0.254. The van der Waals surface area contributed by atoms with E-state index in [0.29, 0.717) is 11.3 Å². The van der Waals surface area contributed by atoms with Crippen LogP contribution in [0.3, 0.4) is 0 Å². The van der Waals surface area contributed by atoms with Crippen molar-refractivity contribution in [1.82, 2.24) is 0 Å². The van der Waals surface area contributed by atoms with Gasteiger partial charge in [-0.2, -0.15) is 0 Å². The molecule has 3 aromatic carbocycles. The Kier molecular flexibility index (Phi) is 5.20. The maximum absolute atomic E-state index is 13.7. The molecular formula is C25H25BrN2O2. The molecule has 0 aliphatic carbocycles. The van der Waals surface area contributed by atoms with Crippen LogP contribution in [-0.2, 0) is 5.72 Å². The lowest BCUT2D eigenvalue weighted by Crippen LogP contribution is -2.48. The van der Waals surface area contributed by atoms with Crippen molar-refractivity contribution in [3.05, 3.63) is 93.5 Å². The van der Waals surface area contributed by atoms with Crippen LogP contribution in [0.4, 0.5) is 16.2 Å². The van der Waals surface area contributed by atoms with Gasteiger partial charge in [0.2, 0.25) is 0 Å². The molecule has 5 heteroatoms. The number of halogens is 1. The van der Waals surface area contributed by atoms with E-state index >= 15 is 0 Å². The fourth-order valence-electron chi connectivity index (χ4n) is 4.28. The molecule has 30 heavy (non-hydrogen) atoms. The molecule has 2 amide bonds. The third-order valence-electron chi connectivity index (χ3n) is 5.75. The molecule has 1 saturated heterocycles. The predicted molar refractivity (Wildman–Crippen MR) is 125 cm³/mol. The number of carbonyl (C=O) groups excluding carboxylic acids is 1. The molecule has 3 aromatic rings. The second-order valence-corrected chi connectivity index (χ2v) is 8.99. The second kappa shape index (κ2) is 7.56. The molecule has 0 radical (unpaired) electrons. The third-order valence-corrected chi connectivity index (χ3v) is 6.28. The molecule has 2 atom stereocenters. The molecule has 1 N–H and O–H groups in total.